The van der Waals surface area contributed by atoms with E-state index in [9.17, 15) is 4.79 Å². The summed E-state index contributed by atoms with van der Waals surface area (Å²) in [6, 6.07) is 8.92. The minimum absolute atomic E-state index is 0.0463. The molecule has 0 unspecified atom stereocenters. The lowest BCUT2D eigenvalue weighted by molar-refractivity contribution is 0.0949. The molecule has 1 saturated carbocycles. The highest BCUT2D eigenvalue weighted by Gasteiger charge is 2.25. The molecular weight excluding hydrogens is 208 g/mol. The number of carbonyl (C=O) groups is 1. The zero-order chi connectivity index (χ0) is 10.3. The molecule has 1 fully saturated rings. The first-order chi connectivity index (χ1) is 7.34. The summed E-state index contributed by atoms with van der Waals surface area (Å²) in [5.41, 5.74) is 0.552. The molecule has 1 aromatic heterocycles. The summed E-state index contributed by atoms with van der Waals surface area (Å²) in [7, 11) is 0. The third-order valence-electron chi connectivity index (χ3n) is 2.44. The van der Waals surface area contributed by atoms with Crippen molar-refractivity contribution < 1.29 is 4.79 Å². The normalized spacial score (nSPS) is 15.5. The lowest BCUT2D eigenvalue weighted by Crippen LogP contribution is -2.25. The van der Waals surface area contributed by atoms with E-state index < -0.39 is 0 Å². The SMILES string of the molecule is O=C(NC1CC1)c1nsc2c[c]ccc12. The Balaban J connectivity index is 1.98. The second-order valence-electron chi connectivity index (χ2n) is 3.70. The first kappa shape index (κ1) is 8.85. The molecular formula is C11H9N2OS. The van der Waals surface area contributed by atoms with Crippen LogP contribution in [0.4, 0.5) is 0 Å². The highest BCUT2D eigenvalue weighted by molar-refractivity contribution is 7.13. The fraction of sp³-hybridized carbons (Fsp3) is 0.273. The van der Waals surface area contributed by atoms with E-state index in [1.54, 1.807) is 0 Å². The van der Waals surface area contributed by atoms with Crippen molar-refractivity contribution in [1.29, 1.82) is 0 Å². The van der Waals surface area contributed by atoms with Crippen LogP contribution in [0.3, 0.4) is 0 Å². The Kier molecular flexibility index (Phi) is 1.95. The maximum absolute atomic E-state index is 11.8. The molecule has 2 aromatic rings. The molecule has 0 aliphatic heterocycles. The second-order valence-corrected chi connectivity index (χ2v) is 4.51. The van der Waals surface area contributed by atoms with Gasteiger partial charge >= 0.3 is 0 Å². The molecule has 75 valence electrons. The molecule has 1 radical (unpaired) electrons. The lowest BCUT2D eigenvalue weighted by atomic mass is 10.2. The third kappa shape index (κ3) is 1.61. The Morgan fingerprint density at radius 1 is 1.60 bits per heavy atom. The predicted molar refractivity (Wildman–Crippen MR) is 58.9 cm³/mol. The van der Waals surface area contributed by atoms with Crippen LogP contribution in [0.15, 0.2) is 18.2 Å². The van der Waals surface area contributed by atoms with Gasteiger partial charge in [-0.25, -0.2) is 0 Å². The average molecular weight is 217 g/mol. The van der Waals surface area contributed by atoms with Crippen molar-refractivity contribution in [2.45, 2.75) is 18.9 Å². The molecule has 1 amide bonds. The highest BCUT2D eigenvalue weighted by atomic mass is 32.1. The summed E-state index contributed by atoms with van der Waals surface area (Å²) in [6.07, 6.45) is 2.20. The van der Waals surface area contributed by atoms with Crippen LogP contribution < -0.4 is 5.32 Å². The molecule has 4 heteroatoms. The zero-order valence-corrected chi connectivity index (χ0v) is 8.80. The van der Waals surface area contributed by atoms with Gasteiger partial charge in [-0.1, -0.05) is 12.1 Å². The molecule has 1 aliphatic rings. The minimum Gasteiger partial charge on any atom is -0.348 e. The Morgan fingerprint density at radius 2 is 2.47 bits per heavy atom. The molecule has 0 atom stereocenters. The molecule has 0 bridgehead atoms. The van der Waals surface area contributed by atoms with Crippen molar-refractivity contribution in [1.82, 2.24) is 9.69 Å². The first-order valence-corrected chi connectivity index (χ1v) is 5.68. The van der Waals surface area contributed by atoms with Gasteiger partial charge in [0, 0.05) is 11.4 Å². The molecule has 3 rings (SSSR count). The number of benzene rings is 1. The fourth-order valence-electron chi connectivity index (χ4n) is 1.48. The van der Waals surface area contributed by atoms with Gasteiger partial charge < -0.3 is 5.32 Å². The van der Waals surface area contributed by atoms with E-state index in [4.69, 9.17) is 0 Å². The predicted octanol–water partition coefficient (Wildman–Crippen LogP) is 1.99. The van der Waals surface area contributed by atoms with Crippen molar-refractivity contribution in [3.63, 3.8) is 0 Å². The van der Waals surface area contributed by atoms with Crippen molar-refractivity contribution >= 4 is 27.5 Å². The van der Waals surface area contributed by atoms with Crippen LogP contribution >= 0.6 is 11.5 Å². The number of rotatable bonds is 2. The first-order valence-electron chi connectivity index (χ1n) is 4.91. The molecule has 3 nitrogen and oxygen atoms in total. The molecule has 1 aliphatic carbocycles. The van der Waals surface area contributed by atoms with Gasteiger partial charge in [0.2, 0.25) is 0 Å². The number of nitrogens with zero attached hydrogens (tertiary/aromatic N) is 1. The largest absolute Gasteiger partial charge is 0.348 e. The van der Waals surface area contributed by atoms with Crippen molar-refractivity contribution in [3.8, 4) is 0 Å². The van der Waals surface area contributed by atoms with Crippen LogP contribution in [0.5, 0.6) is 0 Å². The number of nitrogens with one attached hydrogen (secondary N) is 1. The number of hydrogen-bond donors (Lipinski definition) is 1. The quantitative estimate of drug-likeness (QED) is 0.835. The van der Waals surface area contributed by atoms with Gasteiger partial charge in [-0.15, -0.1) is 0 Å². The van der Waals surface area contributed by atoms with Gasteiger partial charge in [0.25, 0.3) is 5.91 Å². The van der Waals surface area contributed by atoms with E-state index in [0.717, 1.165) is 22.9 Å². The summed E-state index contributed by atoms with van der Waals surface area (Å²) < 4.78 is 5.20. The topological polar surface area (TPSA) is 42.0 Å². The Labute approximate surface area is 91.3 Å². The van der Waals surface area contributed by atoms with Crippen molar-refractivity contribution in [2.24, 2.45) is 0 Å². The van der Waals surface area contributed by atoms with Crippen LogP contribution in [-0.4, -0.2) is 16.3 Å². The summed E-state index contributed by atoms with van der Waals surface area (Å²) in [5.74, 6) is -0.0463. The monoisotopic (exact) mass is 217 g/mol. The summed E-state index contributed by atoms with van der Waals surface area (Å²) in [4.78, 5) is 11.8. The standard InChI is InChI=1S/C11H9N2OS/c14-11(12-7-5-6-7)10-8-3-1-2-4-9(8)15-13-10/h1,3-4,7H,5-6H2,(H,12,14). The Hall–Kier alpha value is -1.42. The van der Waals surface area contributed by atoms with Crippen molar-refractivity contribution in [2.75, 3.05) is 0 Å². The smallest absolute Gasteiger partial charge is 0.271 e. The number of amides is 1. The lowest BCUT2D eigenvalue weighted by Gasteiger charge is -1.99. The van der Waals surface area contributed by atoms with E-state index in [2.05, 4.69) is 15.8 Å². The van der Waals surface area contributed by atoms with Crippen LogP contribution in [0.25, 0.3) is 10.1 Å². The van der Waals surface area contributed by atoms with Gasteiger partial charge in [0.1, 0.15) is 5.69 Å². The number of hydrogen-bond acceptors (Lipinski definition) is 3. The molecule has 1 heterocycles. The van der Waals surface area contributed by atoms with Gasteiger partial charge in [0.15, 0.2) is 0 Å². The zero-order valence-electron chi connectivity index (χ0n) is 7.99. The molecule has 1 N–H and O–H groups in total. The van der Waals surface area contributed by atoms with Crippen molar-refractivity contribution in [3.05, 3.63) is 30.0 Å². The number of fused-ring (bicyclic) bond motifs is 1. The molecule has 1 aromatic carbocycles. The van der Waals surface area contributed by atoms with Crippen LogP contribution in [0.1, 0.15) is 23.3 Å². The summed E-state index contributed by atoms with van der Waals surface area (Å²) in [6.45, 7) is 0. The maximum Gasteiger partial charge on any atom is 0.271 e. The minimum atomic E-state index is -0.0463. The highest BCUT2D eigenvalue weighted by Crippen LogP contribution is 2.24. The Bertz CT molecular complexity index is 516. The van der Waals surface area contributed by atoms with E-state index in [0.29, 0.717) is 11.7 Å². The molecule has 0 saturated heterocycles. The van der Waals surface area contributed by atoms with E-state index in [1.807, 2.05) is 18.2 Å². The molecule has 15 heavy (non-hydrogen) atoms. The van der Waals surface area contributed by atoms with Gasteiger partial charge in [-0.05, 0) is 36.5 Å². The van der Waals surface area contributed by atoms with E-state index in [-0.39, 0.29) is 5.91 Å². The van der Waals surface area contributed by atoms with Crippen LogP contribution in [0, 0.1) is 6.07 Å². The average Bonchev–Trinajstić information content (AvgIpc) is 2.96. The van der Waals surface area contributed by atoms with Gasteiger partial charge in [0.05, 0.1) is 4.70 Å². The second kappa shape index (κ2) is 3.31. The van der Waals surface area contributed by atoms with Crippen LogP contribution in [-0.2, 0) is 0 Å². The maximum atomic E-state index is 11.8. The summed E-state index contributed by atoms with van der Waals surface area (Å²) >= 11 is 1.35. The van der Waals surface area contributed by atoms with Gasteiger partial charge in [-0.2, -0.15) is 4.37 Å². The Morgan fingerprint density at radius 3 is 3.27 bits per heavy atom. The van der Waals surface area contributed by atoms with E-state index >= 15 is 0 Å². The number of aromatic nitrogens is 1. The third-order valence-corrected chi connectivity index (χ3v) is 3.25. The van der Waals surface area contributed by atoms with E-state index in [1.165, 1.54) is 11.5 Å². The van der Waals surface area contributed by atoms with Gasteiger partial charge in [-0.3, -0.25) is 4.79 Å². The fourth-order valence-corrected chi connectivity index (χ4v) is 2.23. The number of carbonyl (C=O) groups excluding carboxylic acids is 1. The molecule has 0 spiro atoms. The van der Waals surface area contributed by atoms with Crippen LogP contribution in [0.2, 0.25) is 0 Å². The summed E-state index contributed by atoms with van der Waals surface area (Å²) in [5, 5.41) is 3.87.